The average Bonchev–Trinajstić information content (AvgIpc) is 2.88. The van der Waals surface area contributed by atoms with E-state index >= 15 is 0 Å². The molecule has 1 N–H and O–H groups in total. The van der Waals surface area contributed by atoms with Crippen LogP contribution in [0.15, 0.2) is 36.4 Å². The van der Waals surface area contributed by atoms with Gasteiger partial charge in [0.05, 0.1) is 18.5 Å². The van der Waals surface area contributed by atoms with Crippen molar-refractivity contribution in [1.82, 2.24) is 4.98 Å². The third-order valence-electron chi connectivity index (χ3n) is 2.68. The number of hydrogen-bond donors (Lipinski definition) is 1. The third-order valence-corrected chi connectivity index (χ3v) is 2.68. The minimum Gasteiger partial charge on any atom is -0.496 e. The highest BCUT2D eigenvalue weighted by molar-refractivity contribution is 5.97. The Morgan fingerprint density at radius 3 is 2.72 bits per heavy atom. The zero-order chi connectivity index (χ0) is 13.0. The molecular weight excluding hydrogens is 230 g/mol. The molecule has 1 heterocycles. The van der Waals surface area contributed by atoms with Gasteiger partial charge in [-0.05, 0) is 18.2 Å². The monoisotopic (exact) mass is 243 g/mol. The van der Waals surface area contributed by atoms with E-state index in [-0.39, 0.29) is 12.2 Å². The molecule has 0 spiro atoms. The van der Waals surface area contributed by atoms with Crippen LogP contribution in [0.5, 0.6) is 5.75 Å². The second kappa shape index (κ2) is 5.31. The van der Waals surface area contributed by atoms with Gasteiger partial charge in [0.2, 0.25) is 0 Å². The van der Waals surface area contributed by atoms with Crippen LogP contribution in [-0.2, 0) is 6.42 Å². The Balaban J connectivity index is 2.18. The van der Waals surface area contributed by atoms with E-state index in [2.05, 4.69) is 4.98 Å². The molecule has 1 aromatic carbocycles. The molecule has 0 saturated carbocycles. The summed E-state index contributed by atoms with van der Waals surface area (Å²) in [6, 6.07) is 10.6. The molecule has 0 unspecified atom stereocenters. The summed E-state index contributed by atoms with van der Waals surface area (Å²) >= 11 is 0. The molecule has 0 radical (unpaired) electrons. The third kappa shape index (κ3) is 2.48. The summed E-state index contributed by atoms with van der Waals surface area (Å²) in [6.45, 7) is 0. The van der Waals surface area contributed by atoms with E-state index in [0.29, 0.717) is 23.4 Å². The van der Waals surface area contributed by atoms with E-state index in [1.165, 1.54) is 0 Å². The number of carbonyl (C=O) groups is 2. The van der Waals surface area contributed by atoms with E-state index in [0.717, 1.165) is 5.56 Å². The van der Waals surface area contributed by atoms with Crippen LogP contribution in [0.25, 0.3) is 0 Å². The fourth-order valence-corrected chi connectivity index (χ4v) is 1.76. The number of para-hydroxylation sites is 1. The Labute approximate surface area is 105 Å². The van der Waals surface area contributed by atoms with Crippen LogP contribution in [0, 0.1) is 0 Å². The Hall–Kier alpha value is -2.36. The number of nitrogens with one attached hydrogen (secondary N) is 1. The number of Topliss-reactive ketones (excluding diaryl/α,β-unsaturated/α-hetero) is 1. The smallest absolute Gasteiger partial charge is 0.183 e. The molecule has 18 heavy (non-hydrogen) atoms. The van der Waals surface area contributed by atoms with E-state index in [1.807, 2.05) is 24.3 Å². The number of aromatic amines is 1. The molecule has 0 aliphatic carbocycles. The van der Waals surface area contributed by atoms with Gasteiger partial charge in [-0.1, -0.05) is 18.2 Å². The summed E-state index contributed by atoms with van der Waals surface area (Å²) < 4.78 is 5.19. The molecule has 2 aromatic rings. The van der Waals surface area contributed by atoms with Crippen molar-refractivity contribution in [3.05, 3.63) is 53.3 Å². The molecule has 4 heteroatoms. The molecule has 1 aromatic heterocycles. The van der Waals surface area contributed by atoms with Crippen molar-refractivity contribution in [2.24, 2.45) is 0 Å². The molecule has 2 rings (SSSR count). The van der Waals surface area contributed by atoms with Crippen molar-refractivity contribution in [1.29, 1.82) is 0 Å². The first kappa shape index (κ1) is 12.1. The van der Waals surface area contributed by atoms with Crippen LogP contribution in [0.4, 0.5) is 0 Å². The zero-order valence-electron chi connectivity index (χ0n) is 9.97. The van der Waals surface area contributed by atoms with Crippen molar-refractivity contribution in [2.75, 3.05) is 7.11 Å². The normalized spacial score (nSPS) is 10.1. The van der Waals surface area contributed by atoms with Crippen molar-refractivity contribution in [3.63, 3.8) is 0 Å². The maximum Gasteiger partial charge on any atom is 0.183 e. The number of carbonyl (C=O) groups excluding carboxylic acids is 2. The lowest BCUT2D eigenvalue weighted by atomic mass is 10.1. The number of H-pyrrole nitrogens is 1. The largest absolute Gasteiger partial charge is 0.496 e. The summed E-state index contributed by atoms with van der Waals surface area (Å²) in [5.74, 6) is 0.612. The minimum absolute atomic E-state index is 0.0763. The average molecular weight is 243 g/mol. The summed E-state index contributed by atoms with van der Waals surface area (Å²) in [5, 5.41) is 0. The minimum atomic E-state index is -0.0763. The highest BCUT2D eigenvalue weighted by Crippen LogP contribution is 2.19. The van der Waals surface area contributed by atoms with Crippen molar-refractivity contribution in [2.45, 2.75) is 6.42 Å². The first-order valence-corrected chi connectivity index (χ1v) is 5.54. The van der Waals surface area contributed by atoms with Gasteiger partial charge in [0.15, 0.2) is 12.1 Å². The number of methoxy groups -OCH3 is 1. The number of ketones is 1. The van der Waals surface area contributed by atoms with Gasteiger partial charge in [0.1, 0.15) is 5.75 Å². The van der Waals surface area contributed by atoms with Crippen LogP contribution in [0.1, 0.15) is 26.5 Å². The van der Waals surface area contributed by atoms with Crippen LogP contribution in [0.2, 0.25) is 0 Å². The lowest BCUT2D eigenvalue weighted by Gasteiger charge is -2.06. The van der Waals surface area contributed by atoms with Gasteiger partial charge in [-0.3, -0.25) is 9.59 Å². The predicted molar refractivity (Wildman–Crippen MR) is 67.2 cm³/mol. The van der Waals surface area contributed by atoms with Gasteiger partial charge in [-0.25, -0.2) is 0 Å². The first-order valence-electron chi connectivity index (χ1n) is 5.54. The molecule has 0 bridgehead atoms. The molecule has 4 nitrogen and oxygen atoms in total. The molecule has 0 aliphatic heterocycles. The second-order valence-corrected chi connectivity index (χ2v) is 3.86. The Morgan fingerprint density at radius 1 is 1.28 bits per heavy atom. The second-order valence-electron chi connectivity index (χ2n) is 3.86. The molecule has 0 fully saturated rings. The van der Waals surface area contributed by atoms with Crippen LogP contribution in [-0.4, -0.2) is 24.2 Å². The van der Waals surface area contributed by atoms with Crippen molar-refractivity contribution < 1.29 is 14.3 Å². The standard InChI is InChI=1S/C14H13NO3/c1-18-14-5-3-2-4-10(14)8-13(17)12-7-6-11(9-16)15-12/h2-7,9,15H,8H2,1H3. The molecule has 0 saturated heterocycles. The van der Waals surface area contributed by atoms with Gasteiger partial charge >= 0.3 is 0 Å². The highest BCUT2D eigenvalue weighted by atomic mass is 16.5. The Morgan fingerprint density at radius 2 is 2.06 bits per heavy atom. The Bertz CT molecular complexity index is 572. The first-order chi connectivity index (χ1) is 8.74. The molecule has 0 aliphatic rings. The fraction of sp³-hybridized carbons (Fsp3) is 0.143. The zero-order valence-corrected chi connectivity index (χ0v) is 9.97. The Kier molecular flexibility index (Phi) is 3.57. The molecule has 0 amide bonds. The van der Waals surface area contributed by atoms with Gasteiger partial charge in [0.25, 0.3) is 0 Å². The van der Waals surface area contributed by atoms with E-state index in [1.54, 1.807) is 19.2 Å². The number of rotatable bonds is 5. The molecular formula is C14H13NO3. The highest BCUT2D eigenvalue weighted by Gasteiger charge is 2.12. The van der Waals surface area contributed by atoms with Crippen LogP contribution < -0.4 is 4.74 Å². The summed E-state index contributed by atoms with van der Waals surface area (Å²) in [5.41, 5.74) is 1.66. The quantitative estimate of drug-likeness (QED) is 0.647. The molecule has 92 valence electrons. The number of hydrogen-bond acceptors (Lipinski definition) is 3. The number of ether oxygens (including phenoxy) is 1. The van der Waals surface area contributed by atoms with Gasteiger partial charge < -0.3 is 9.72 Å². The summed E-state index contributed by atoms with van der Waals surface area (Å²) in [7, 11) is 1.57. The van der Waals surface area contributed by atoms with Gasteiger partial charge in [-0.15, -0.1) is 0 Å². The molecule has 0 atom stereocenters. The SMILES string of the molecule is COc1ccccc1CC(=O)c1ccc(C=O)[nH]1. The number of benzene rings is 1. The van der Waals surface area contributed by atoms with Crippen LogP contribution in [0.3, 0.4) is 0 Å². The lowest BCUT2D eigenvalue weighted by Crippen LogP contribution is -2.05. The van der Waals surface area contributed by atoms with Gasteiger partial charge in [0, 0.05) is 12.0 Å². The van der Waals surface area contributed by atoms with Crippen molar-refractivity contribution in [3.8, 4) is 5.75 Å². The maximum atomic E-state index is 12.0. The lowest BCUT2D eigenvalue weighted by molar-refractivity contribution is 0.0988. The van der Waals surface area contributed by atoms with E-state index in [4.69, 9.17) is 4.74 Å². The number of aromatic nitrogens is 1. The maximum absolute atomic E-state index is 12.0. The fourth-order valence-electron chi connectivity index (χ4n) is 1.76. The van der Waals surface area contributed by atoms with Crippen LogP contribution >= 0.6 is 0 Å². The predicted octanol–water partition coefficient (Wildman–Crippen LogP) is 2.26. The number of aldehydes is 1. The topological polar surface area (TPSA) is 59.2 Å². The van der Waals surface area contributed by atoms with E-state index < -0.39 is 0 Å². The van der Waals surface area contributed by atoms with Crippen molar-refractivity contribution >= 4 is 12.1 Å². The van der Waals surface area contributed by atoms with Gasteiger partial charge in [-0.2, -0.15) is 0 Å². The van der Waals surface area contributed by atoms with E-state index in [9.17, 15) is 9.59 Å². The summed E-state index contributed by atoms with van der Waals surface area (Å²) in [6.07, 6.45) is 0.919. The summed E-state index contributed by atoms with van der Waals surface area (Å²) in [4.78, 5) is 25.3.